The molecule has 5 nitrogen and oxygen atoms in total. The fourth-order valence-electron chi connectivity index (χ4n) is 2.41. The lowest BCUT2D eigenvalue weighted by Crippen LogP contribution is -2.48. The third kappa shape index (κ3) is 3.52. The average Bonchev–Trinajstić information content (AvgIpc) is 2.82. The van der Waals surface area contributed by atoms with Crippen LogP contribution in [0, 0.1) is 5.92 Å². The number of nitrogens with two attached hydrogens (primary N) is 1. The SMILES string of the molecule is CC(N)c1nc(C(=O)NC2CCN(C)CC2C)cs1. The second-order valence-electron chi connectivity index (χ2n) is 5.47. The van der Waals surface area contributed by atoms with Crippen LogP contribution >= 0.6 is 11.3 Å². The molecule has 19 heavy (non-hydrogen) atoms. The maximum absolute atomic E-state index is 12.2. The largest absolute Gasteiger partial charge is 0.348 e. The Hall–Kier alpha value is -0.980. The van der Waals surface area contributed by atoms with Crippen molar-refractivity contribution in [1.29, 1.82) is 0 Å². The van der Waals surface area contributed by atoms with E-state index in [1.54, 1.807) is 5.38 Å². The van der Waals surface area contributed by atoms with E-state index >= 15 is 0 Å². The fourth-order valence-corrected chi connectivity index (χ4v) is 3.17. The van der Waals surface area contributed by atoms with Crippen LogP contribution in [0.25, 0.3) is 0 Å². The first kappa shape index (κ1) is 14.4. The Kier molecular flexibility index (Phi) is 4.54. The number of likely N-dealkylation sites (tertiary alicyclic amines) is 1. The normalized spacial score (nSPS) is 26.1. The number of thiazole rings is 1. The first-order valence-corrected chi connectivity index (χ1v) is 7.55. The molecule has 0 aliphatic carbocycles. The average molecular weight is 282 g/mol. The van der Waals surface area contributed by atoms with Gasteiger partial charge in [-0.3, -0.25) is 4.79 Å². The van der Waals surface area contributed by atoms with Gasteiger partial charge in [0, 0.05) is 18.0 Å². The summed E-state index contributed by atoms with van der Waals surface area (Å²) in [7, 11) is 2.11. The monoisotopic (exact) mass is 282 g/mol. The van der Waals surface area contributed by atoms with Crippen LogP contribution in [0.15, 0.2) is 5.38 Å². The van der Waals surface area contributed by atoms with Crippen LogP contribution in [0.4, 0.5) is 0 Å². The molecule has 0 saturated carbocycles. The third-order valence-corrected chi connectivity index (χ3v) is 4.61. The van der Waals surface area contributed by atoms with Gasteiger partial charge in [0.1, 0.15) is 10.7 Å². The zero-order valence-corrected chi connectivity index (χ0v) is 12.5. The molecule has 3 unspecified atom stereocenters. The standard InChI is InChI=1S/C13H22N4OS/c1-8-6-17(3)5-4-10(8)15-12(18)11-7-19-13(16-11)9(2)14/h7-10H,4-6,14H2,1-3H3,(H,15,18). The molecule has 1 amide bonds. The lowest BCUT2D eigenvalue weighted by molar-refractivity contribution is 0.0879. The van der Waals surface area contributed by atoms with Gasteiger partial charge in [-0.1, -0.05) is 6.92 Å². The second kappa shape index (κ2) is 5.98. The number of hydrogen-bond donors (Lipinski definition) is 2. The van der Waals surface area contributed by atoms with Gasteiger partial charge < -0.3 is 16.0 Å². The molecule has 1 aromatic heterocycles. The van der Waals surface area contributed by atoms with Crippen molar-refractivity contribution in [3.8, 4) is 0 Å². The van der Waals surface area contributed by atoms with Gasteiger partial charge in [-0.2, -0.15) is 0 Å². The summed E-state index contributed by atoms with van der Waals surface area (Å²) in [6, 6.07) is 0.123. The van der Waals surface area contributed by atoms with E-state index in [1.165, 1.54) is 11.3 Å². The molecule has 3 atom stereocenters. The van der Waals surface area contributed by atoms with Gasteiger partial charge in [-0.15, -0.1) is 11.3 Å². The molecule has 0 spiro atoms. The summed E-state index contributed by atoms with van der Waals surface area (Å²) in [5, 5.41) is 5.69. The van der Waals surface area contributed by atoms with E-state index in [1.807, 2.05) is 6.92 Å². The summed E-state index contributed by atoms with van der Waals surface area (Å²) in [6.45, 7) is 6.10. The van der Waals surface area contributed by atoms with E-state index in [4.69, 9.17) is 5.73 Å². The summed E-state index contributed by atoms with van der Waals surface area (Å²) >= 11 is 1.44. The van der Waals surface area contributed by atoms with Gasteiger partial charge in [-0.25, -0.2) is 4.98 Å². The Balaban J connectivity index is 1.96. The van der Waals surface area contributed by atoms with Gasteiger partial charge in [-0.05, 0) is 32.9 Å². The van der Waals surface area contributed by atoms with Crippen molar-refractivity contribution in [3.05, 3.63) is 16.1 Å². The Morgan fingerprint density at radius 3 is 3.00 bits per heavy atom. The fraction of sp³-hybridized carbons (Fsp3) is 0.692. The molecule has 0 radical (unpaired) electrons. The lowest BCUT2D eigenvalue weighted by atomic mass is 9.94. The van der Waals surface area contributed by atoms with Crippen molar-refractivity contribution >= 4 is 17.2 Å². The van der Waals surface area contributed by atoms with E-state index in [0.29, 0.717) is 11.6 Å². The molecule has 1 fully saturated rings. The van der Waals surface area contributed by atoms with Crippen LogP contribution in [0.5, 0.6) is 0 Å². The minimum atomic E-state index is -0.117. The zero-order chi connectivity index (χ0) is 14.0. The predicted molar refractivity (Wildman–Crippen MR) is 77.2 cm³/mol. The third-order valence-electron chi connectivity index (χ3n) is 3.57. The van der Waals surface area contributed by atoms with Gasteiger partial charge in [0.05, 0.1) is 6.04 Å². The van der Waals surface area contributed by atoms with E-state index in [-0.39, 0.29) is 18.0 Å². The predicted octanol–water partition coefficient (Wildman–Crippen LogP) is 1.23. The topological polar surface area (TPSA) is 71.2 Å². The van der Waals surface area contributed by atoms with Crippen LogP contribution in [-0.4, -0.2) is 42.0 Å². The summed E-state index contributed by atoms with van der Waals surface area (Å²) in [6.07, 6.45) is 0.994. The van der Waals surface area contributed by atoms with E-state index in [2.05, 4.69) is 29.2 Å². The molecular weight excluding hydrogens is 260 g/mol. The second-order valence-corrected chi connectivity index (χ2v) is 6.36. The molecule has 6 heteroatoms. The summed E-state index contributed by atoms with van der Waals surface area (Å²) in [4.78, 5) is 18.7. The number of aromatic nitrogens is 1. The molecule has 0 bridgehead atoms. The summed E-state index contributed by atoms with van der Waals surface area (Å²) < 4.78 is 0. The minimum absolute atomic E-state index is 0.0791. The zero-order valence-electron chi connectivity index (χ0n) is 11.7. The Morgan fingerprint density at radius 1 is 1.68 bits per heavy atom. The van der Waals surface area contributed by atoms with E-state index in [0.717, 1.165) is 24.5 Å². The number of rotatable bonds is 3. The Labute approximate surface area is 118 Å². The van der Waals surface area contributed by atoms with Crippen molar-refractivity contribution in [2.24, 2.45) is 11.7 Å². The smallest absolute Gasteiger partial charge is 0.270 e. The first-order chi connectivity index (χ1) is 8.97. The number of nitrogens with one attached hydrogen (secondary N) is 1. The number of carbonyl (C=O) groups is 1. The van der Waals surface area contributed by atoms with Crippen molar-refractivity contribution in [3.63, 3.8) is 0 Å². The molecule has 1 aliphatic rings. The molecule has 1 saturated heterocycles. The maximum atomic E-state index is 12.2. The molecule has 2 rings (SSSR count). The highest BCUT2D eigenvalue weighted by molar-refractivity contribution is 7.09. The number of piperidine rings is 1. The van der Waals surface area contributed by atoms with Gasteiger partial charge in [0.25, 0.3) is 5.91 Å². The number of hydrogen-bond acceptors (Lipinski definition) is 5. The quantitative estimate of drug-likeness (QED) is 0.875. The molecular formula is C13H22N4OS. The molecule has 2 heterocycles. The van der Waals surface area contributed by atoms with Crippen LogP contribution in [0.3, 0.4) is 0 Å². The molecule has 106 valence electrons. The number of nitrogens with zero attached hydrogens (tertiary/aromatic N) is 2. The van der Waals surface area contributed by atoms with Crippen LogP contribution in [0.1, 0.15) is 41.8 Å². The van der Waals surface area contributed by atoms with E-state index < -0.39 is 0 Å². The van der Waals surface area contributed by atoms with Gasteiger partial charge in [0.2, 0.25) is 0 Å². The minimum Gasteiger partial charge on any atom is -0.348 e. The van der Waals surface area contributed by atoms with Crippen LogP contribution in [0.2, 0.25) is 0 Å². The van der Waals surface area contributed by atoms with Crippen LogP contribution in [-0.2, 0) is 0 Å². The lowest BCUT2D eigenvalue weighted by Gasteiger charge is -2.35. The molecule has 0 aromatic carbocycles. The highest BCUT2D eigenvalue weighted by Gasteiger charge is 2.26. The van der Waals surface area contributed by atoms with Crippen molar-refractivity contribution in [2.45, 2.75) is 32.4 Å². The molecule has 3 N–H and O–H groups in total. The highest BCUT2D eigenvalue weighted by Crippen LogP contribution is 2.18. The van der Waals surface area contributed by atoms with Crippen molar-refractivity contribution in [2.75, 3.05) is 20.1 Å². The van der Waals surface area contributed by atoms with E-state index in [9.17, 15) is 4.79 Å². The van der Waals surface area contributed by atoms with Gasteiger partial charge in [0.15, 0.2) is 0 Å². The molecule has 1 aliphatic heterocycles. The Morgan fingerprint density at radius 2 is 2.42 bits per heavy atom. The molecule has 1 aromatic rings. The van der Waals surface area contributed by atoms with Crippen molar-refractivity contribution < 1.29 is 4.79 Å². The number of carbonyl (C=O) groups excluding carboxylic acids is 1. The summed E-state index contributed by atoms with van der Waals surface area (Å²) in [5.41, 5.74) is 6.25. The van der Waals surface area contributed by atoms with Crippen molar-refractivity contribution in [1.82, 2.24) is 15.2 Å². The maximum Gasteiger partial charge on any atom is 0.270 e. The number of amides is 1. The first-order valence-electron chi connectivity index (χ1n) is 6.67. The highest BCUT2D eigenvalue weighted by atomic mass is 32.1. The summed E-state index contributed by atoms with van der Waals surface area (Å²) in [5.74, 6) is 0.388. The Bertz CT molecular complexity index is 446. The van der Waals surface area contributed by atoms with Crippen LogP contribution < -0.4 is 11.1 Å². The van der Waals surface area contributed by atoms with Gasteiger partial charge >= 0.3 is 0 Å².